The quantitative estimate of drug-likeness (QED) is 0.336. The predicted molar refractivity (Wildman–Crippen MR) is 130 cm³/mol. The van der Waals surface area contributed by atoms with Crippen LogP contribution in [0.5, 0.6) is 0 Å². The number of fused-ring (bicyclic) bond motifs is 1. The van der Waals surface area contributed by atoms with E-state index in [4.69, 9.17) is 5.73 Å². The standard InChI is InChI=1S/C28H32N2/c1-28(2,3)23-16-17-26-25(19-23)24(11-7-8-18-29)27(30-26)22-14-12-21(13-15-22)20-9-5-4-6-10-20/h4-6,9-10,12-17,19,30H,7-8,11,18,29H2,1-3H3. The Bertz CT molecular complexity index is 1110. The van der Waals surface area contributed by atoms with Crippen molar-refractivity contribution in [2.75, 3.05) is 6.54 Å². The zero-order valence-corrected chi connectivity index (χ0v) is 18.3. The minimum Gasteiger partial charge on any atom is -0.354 e. The predicted octanol–water partition coefficient (Wildman–Crippen LogP) is 7.08. The highest BCUT2D eigenvalue weighted by Gasteiger charge is 2.18. The molecule has 0 aliphatic heterocycles. The van der Waals surface area contributed by atoms with E-state index in [0.717, 1.165) is 25.8 Å². The zero-order chi connectivity index (χ0) is 21.1. The van der Waals surface area contributed by atoms with Gasteiger partial charge in [-0.15, -0.1) is 0 Å². The van der Waals surface area contributed by atoms with Crippen LogP contribution in [-0.4, -0.2) is 11.5 Å². The topological polar surface area (TPSA) is 41.8 Å². The number of aromatic amines is 1. The molecule has 4 aromatic rings. The van der Waals surface area contributed by atoms with Crippen molar-refractivity contribution >= 4 is 10.9 Å². The molecule has 0 atom stereocenters. The van der Waals surface area contributed by atoms with Crippen LogP contribution in [0.15, 0.2) is 72.8 Å². The molecule has 0 spiro atoms. The number of benzene rings is 3. The van der Waals surface area contributed by atoms with Crippen LogP contribution < -0.4 is 5.73 Å². The summed E-state index contributed by atoms with van der Waals surface area (Å²) in [5.41, 5.74) is 14.9. The highest BCUT2D eigenvalue weighted by Crippen LogP contribution is 2.35. The lowest BCUT2D eigenvalue weighted by molar-refractivity contribution is 0.591. The fraction of sp³-hybridized carbons (Fsp3) is 0.286. The first kappa shape index (κ1) is 20.4. The monoisotopic (exact) mass is 396 g/mol. The summed E-state index contributed by atoms with van der Waals surface area (Å²) < 4.78 is 0. The SMILES string of the molecule is CC(C)(C)c1ccc2[nH]c(-c3ccc(-c4ccccc4)cc3)c(CCCCN)c2c1. The molecule has 0 saturated carbocycles. The summed E-state index contributed by atoms with van der Waals surface area (Å²) in [6.07, 6.45) is 3.21. The van der Waals surface area contributed by atoms with E-state index >= 15 is 0 Å². The third kappa shape index (κ3) is 4.20. The number of aromatic nitrogens is 1. The maximum Gasteiger partial charge on any atom is 0.0497 e. The van der Waals surface area contributed by atoms with Crippen LogP contribution in [0.4, 0.5) is 0 Å². The van der Waals surface area contributed by atoms with Crippen LogP contribution in [0.1, 0.15) is 44.7 Å². The lowest BCUT2D eigenvalue weighted by Gasteiger charge is -2.19. The number of nitrogens with one attached hydrogen (secondary N) is 1. The zero-order valence-electron chi connectivity index (χ0n) is 18.3. The van der Waals surface area contributed by atoms with Gasteiger partial charge in [0.1, 0.15) is 0 Å². The Balaban J connectivity index is 1.78. The van der Waals surface area contributed by atoms with Crippen LogP contribution in [0.2, 0.25) is 0 Å². The number of nitrogens with two attached hydrogens (primary N) is 1. The summed E-state index contributed by atoms with van der Waals surface area (Å²) in [7, 11) is 0. The molecule has 0 bridgehead atoms. The number of aryl methyl sites for hydroxylation is 1. The smallest absolute Gasteiger partial charge is 0.0497 e. The number of unbranched alkanes of at least 4 members (excludes halogenated alkanes) is 1. The van der Waals surface area contributed by atoms with E-state index in [1.54, 1.807) is 0 Å². The fourth-order valence-corrected chi connectivity index (χ4v) is 4.13. The third-order valence-corrected chi connectivity index (χ3v) is 5.93. The molecule has 154 valence electrons. The number of hydrogen-bond donors (Lipinski definition) is 2. The van der Waals surface area contributed by atoms with Gasteiger partial charge in [-0.25, -0.2) is 0 Å². The average molecular weight is 397 g/mol. The van der Waals surface area contributed by atoms with Gasteiger partial charge in [-0.3, -0.25) is 0 Å². The summed E-state index contributed by atoms with van der Waals surface area (Å²) in [5.74, 6) is 0. The molecule has 30 heavy (non-hydrogen) atoms. The second-order valence-corrected chi connectivity index (χ2v) is 9.18. The molecule has 3 N–H and O–H groups in total. The Morgan fingerprint density at radius 2 is 1.43 bits per heavy atom. The van der Waals surface area contributed by atoms with Gasteiger partial charge in [0.15, 0.2) is 0 Å². The van der Waals surface area contributed by atoms with Crippen LogP contribution >= 0.6 is 0 Å². The van der Waals surface area contributed by atoms with Crippen LogP contribution in [0.3, 0.4) is 0 Å². The largest absolute Gasteiger partial charge is 0.354 e. The van der Waals surface area contributed by atoms with E-state index in [0.29, 0.717) is 0 Å². The van der Waals surface area contributed by atoms with Crippen molar-refractivity contribution in [3.63, 3.8) is 0 Å². The van der Waals surface area contributed by atoms with Gasteiger partial charge in [0.05, 0.1) is 0 Å². The van der Waals surface area contributed by atoms with Crippen LogP contribution in [-0.2, 0) is 11.8 Å². The van der Waals surface area contributed by atoms with Crippen LogP contribution in [0.25, 0.3) is 33.3 Å². The Morgan fingerprint density at radius 1 is 0.767 bits per heavy atom. The summed E-state index contributed by atoms with van der Waals surface area (Å²) >= 11 is 0. The van der Waals surface area contributed by atoms with Crippen molar-refractivity contribution in [1.29, 1.82) is 0 Å². The van der Waals surface area contributed by atoms with Crippen LogP contribution in [0, 0.1) is 0 Å². The molecular formula is C28H32N2. The van der Waals surface area contributed by atoms with Crippen molar-refractivity contribution in [1.82, 2.24) is 4.98 Å². The third-order valence-electron chi connectivity index (χ3n) is 5.93. The molecule has 0 fully saturated rings. The maximum atomic E-state index is 5.78. The summed E-state index contributed by atoms with van der Waals surface area (Å²) in [6, 6.07) is 26.3. The summed E-state index contributed by atoms with van der Waals surface area (Å²) in [6.45, 7) is 7.57. The Hall–Kier alpha value is -2.84. The fourth-order valence-electron chi connectivity index (χ4n) is 4.13. The Morgan fingerprint density at radius 3 is 2.10 bits per heavy atom. The van der Waals surface area contributed by atoms with Gasteiger partial charge < -0.3 is 10.7 Å². The molecule has 0 aliphatic carbocycles. The van der Waals surface area contributed by atoms with Gasteiger partial charge in [-0.1, -0.05) is 81.4 Å². The normalized spacial score (nSPS) is 11.9. The number of H-pyrrole nitrogens is 1. The molecule has 0 unspecified atom stereocenters. The van der Waals surface area contributed by atoms with Crippen molar-refractivity contribution in [3.8, 4) is 22.4 Å². The van der Waals surface area contributed by atoms with E-state index in [1.165, 1.54) is 44.4 Å². The molecule has 0 amide bonds. The van der Waals surface area contributed by atoms with Gasteiger partial charge in [-0.05, 0) is 71.2 Å². The van der Waals surface area contributed by atoms with Gasteiger partial charge in [0, 0.05) is 16.6 Å². The lowest BCUT2D eigenvalue weighted by Crippen LogP contribution is -2.10. The first-order valence-corrected chi connectivity index (χ1v) is 11.0. The number of hydrogen-bond acceptors (Lipinski definition) is 1. The van der Waals surface area contributed by atoms with Gasteiger partial charge in [-0.2, -0.15) is 0 Å². The van der Waals surface area contributed by atoms with Crippen molar-refractivity contribution < 1.29 is 0 Å². The molecule has 2 nitrogen and oxygen atoms in total. The number of rotatable bonds is 6. The van der Waals surface area contributed by atoms with Gasteiger partial charge in [0.2, 0.25) is 0 Å². The summed E-state index contributed by atoms with van der Waals surface area (Å²) in [5, 5.41) is 1.35. The highest BCUT2D eigenvalue weighted by atomic mass is 14.7. The minimum atomic E-state index is 0.136. The minimum absolute atomic E-state index is 0.136. The van der Waals surface area contributed by atoms with Crippen molar-refractivity contribution in [3.05, 3.63) is 83.9 Å². The molecule has 4 rings (SSSR count). The second-order valence-electron chi connectivity index (χ2n) is 9.18. The molecule has 0 radical (unpaired) electrons. The first-order chi connectivity index (χ1) is 14.5. The average Bonchev–Trinajstić information content (AvgIpc) is 3.12. The van der Waals surface area contributed by atoms with Crippen molar-refractivity contribution in [2.45, 2.75) is 45.4 Å². The second kappa shape index (κ2) is 8.49. The van der Waals surface area contributed by atoms with E-state index in [2.05, 4.69) is 98.6 Å². The summed E-state index contributed by atoms with van der Waals surface area (Å²) in [4.78, 5) is 3.71. The maximum absolute atomic E-state index is 5.78. The lowest BCUT2D eigenvalue weighted by atomic mass is 9.86. The molecule has 2 heteroatoms. The molecule has 3 aromatic carbocycles. The van der Waals surface area contributed by atoms with Gasteiger partial charge in [0.25, 0.3) is 0 Å². The van der Waals surface area contributed by atoms with Crippen molar-refractivity contribution in [2.24, 2.45) is 5.73 Å². The molecular weight excluding hydrogens is 364 g/mol. The van der Waals surface area contributed by atoms with E-state index in [9.17, 15) is 0 Å². The molecule has 0 saturated heterocycles. The highest BCUT2D eigenvalue weighted by molar-refractivity contribution is 5.91. The molecule has 0 aliphatic rings. The Labute approximate surface area is 180 Å². The van der Waals surface area contributed by atoms with E-state index in [-0.39, 0.29) is 5.41 Å². The van der Waals surface area contributed by atoms with E-state index in [1.807, 2.05) is 0 Å². The van der Waals surface area contributed by atoms with Gasteiger partial charge >= 0.3 is 0 Å². The Kier molecular flexibility index (Phi) is 5.78. The first-order valence-electron chi connectivity index (χ1n) is 11.0. The molecule has 1 heterocycles. The molecule has 1 aromatic heterocycles. The van der Waals surface area contributed by atoms with E-state index < -0.39 is 0 Å².